The number of unbranched alkanes of at least 4 members (excludes halogenated alkanes) is 12. The maximum Gasteiger partial charge on any atom is 0.306 e. The molecule has 4 unspecified atom stereocenters. The van der Waals surface area contributed by atoms with Crippen LogP contribution in [0, 0.1) is 0 Å². The van der Waals surface area contributed by atoms with Crippen molar-refractivity contribution in [2.75, 3.05) is 106 Å². The summed E-state index contributed by atoms with van der Waals surface area (Å²) >= 11 is 0. The number of likely N-dealkylation sites (N-methyl/N-ethyl adjacent to an activating group) is 3. The van der Waals surface area contributed by atoms with Crippen molar-refractivity contribution in [3.63, 3.8) is 0 Å². The monoisotopic (exact) mass is 727 g/mol. The molecule has 300 valence electrons. The second-order valence-corrected chi connectivity index (χ2v) is 16.0. The van der Waals surface area contributed by atoms with E-state index < -0.39 is 0 Å². The first-order valence-electron chi connectivity index (χ1n) is 22.0. The van der Waals surface area contributed by atoms with Crippen LogP contribution in [0.25, 0.3) is 0 Å². The van der Waals surface area contributed by atoms with E-state index in [-0.39, 0.29) is 11.9 Å². The summed E-state index contributed by atoms with van der Waals surface area (Å²) in [6, 6.07) is 0. The average Bonchev–Trinajstić information content (AvgIpc) is 3.11. The highest BCUT2D eigenvalue weighted by molar-refractivity contribution is 5.69. The fourth-order valence-electron chi connectivity index (χ4n) is 7.13. The molecule has 0 spiro atoms. The summed E-state index contributed by atoms with van der Waals surface area (Å²) in [5, 5.41) is 0. The zero-order chi connectivity index (χ0) is 37.2. The highest BCUT2D eigenvalue weighted by Crippen LogP contribution is 2.08. The third-order valence-corrected chi connectivity index (χ3v) is 10.8. The molecule has 0 aliphatic carbocycles. The van der Waals surface area contributed by atoms with Crippen LogP contribution in [0.3, 0.4) is 0 Å². The molecule has 4 atom stereocenters. The lowest BCUT2D eigenvalue weighted by molar-refractivity contribution is -0.962. The highest BCUT2D eigenvalue weighted by atomic mass is 16.5. The van der Waals surface area contributed by atoms with E-state index in [4.69, 9.17) is 9.47 Å². The number of hydrogen-bond acceptors (Lipinski definition) is 4. The summed E-state index contributed by atoms with van der Waals surface area (Å²) in [5.74, 6) is -0.145. The molecule has 0 aromatic heterocycles. The average molecular weight is 727 g/mol. The second-order valence-electron chi connectivity index (χ2n) is 16.0. The normalized spacial score (nSPS) is 20.7. The molecule has 0 saturated carbocycles. The number of carbonyl (C=O) groups is 2. The van der Waals surface area contributed by atoms with E-state index in [0.29, 0.717) is 26.1 Å². The minimum atomic E-state index is -0.0723. The first-order chi connectivity index (χ1) is 24.8. The van der Waals surface area contributed by atoms with Gasteiger partial charge in [-0.3, -0.25) is 9.59 Å². The molecule has 51 heavy (non-hydrogen) atoms. The van der Waals surface area contributed by atoms with Crippen molar-refractivity contribution in [1.29, 1.82) is 0 Å². The molecule has 0 amide bonds. The number of ether oxygens (including phenoxy) is 2. The van der Waals surface area contributed by atoms with Gasteiger partial charge in [-0.25, -0.2) is 4.58 Å². The predicted octanol–water partition coefficient (Wildman–Crippen LogP) is 1.83. The Labute approximate surface area is 315 Å². The molecule has 0 radical (unpaired) electrons. The van der Waals surface area contributed by atoms with E-state index in [2.05, 4.69) is 45.8 Å². The number of quaternary nitrogens is 4. The number of nitrogens with one attached hydrogen (secondary N) is 4. The lowest BCUT2D eigenvalue weighted by Crippen LogP contribution is -3.21. The van der Waals surface area contributed by atoms with Crippen molar-refractivity contribution in [3.05, 3.63) is 0 Å². The van der Waals surface area contributed by atoms with Gasteiger partial charge >= 0.3 is 11.9 Å². The summed E-state index contributed by atoms with van der Waals surface area (Å²) in [6.45, 7) is 18.4. The van der Waals surface area contributed by atoms with Crippen LogP contribution >= 0.6 is 0 Å². The number of hydrogen-bond donors (Lipinski definition) is 4. The lowest BCUT2D eigenvalue weighted by atomic mass is 10.1. The van der Waals surface area contributed by atoms with Crippen molar-refractivity contribution < 1.29 is 43.2 Å². The van der Waals surface area contributed by atoms with Crippen LogP contribution in [-0.4, -0.2) is 129 Å². The molecule has 1 fully saturated rings. The van der Waals surface area contributed by atoms with Crippen LogP contribution in [0.2, 0.25) is 0 Å². The van der Waals surface area contributed by atoms with Crippen LogP contribution in [-0.2, 0) is 19.1 Å². The summed E-state index contributed by atoms with van der Waals surface area (Å²) in [4.78, 5) is 31.7. The molecule has 1 rings (SSSR count). The molecule has 0 aromatic carbocycles. The minimum absolute atomic E-state index is 0.0723. The van der Waals surface area contributed by atoms with Gasteiger partial charge in [-0.05, 0) is 12.8 Å². The smallest absolute Gasteiger partial charge is 0.306 e. The Balaban J connectivity index is 2.59. The van der Waals surface area contributed by atoms with Crippen LogP contribution in [0.1, 0.15) is 149 Å². The molecular formula is C42H88N5O4+5. The summed E-state index contributed by atoms with van der Waals surface area (Å²) in [6.07, 6.45) is 25.6. The largest absolute Gasteiger partial charge is 0.466 e. The van der Waals surface area contributed by atoms with E-state index in [1.54, 1.807) is 19.6 Å². The van der Waals surface area contributed by atoms with Crippen molar-refractivity contribution in [3.8, 4) is 0 Å². The van der Waals surface area contributed by atoms with E-state index in [1.807, 2.05) is 0 Å². The van der Waals surface area contributed by atoms with Crippen molar-refractivity contribution in [1.82, 2.24) is 0 Å². The van der Waals surface area contributed by atoms with Crippen LogP contribution in [0.15, 0.2) is 0 Å². The van der Waals surface area contributed by atoms with Crippen molar-refractivity contribution in [2.24, 2.45) is 0 Å². The van der Waals surface area contributed by atoms with Gasteiger partial charge in [-0.1, -0.05) is 90.9 Å². The number of nitrogens with zero attached hydrogens (tertiary/aromatic N) is 1. The Bertz CT molecular complexity index is 817. The van der Waals surface area contributed by atoms with Gasteiger partial charge in [0.1, 0.15) is 45.5 Å². The maximum atomic E-state index is 12.5. The SMILES string of the molecule is CCCCCCCCCOC(=O)CCC[N+](=CCC[NH+]1CCC[NH+](C)CC[NH+](C)CCC[NH+](C)CC1)CCCC(=O)OCCCCCCCCC. The Kier molecular flexibility index (Phi) is 31.9. The Morgan fingerprint density at radius 1 is 0.529 bits per heavy atom. The lowest BCUT2D eigenvalue weighted by Gasteiger charge is -2.24. The topological polar surface area (TPSA) is 73.4 Å². The van der Waals surface area contributed by atoms with Gasteiger partial charge in [-0.2, -0.15) is 0 Å². The first kappa shape index (κ1) is 47.5. The highest BCUT2D eigenvalue weighted by Gasteiger charge is 2.17. The van der Waals surface area contributed by atoms with Crippen LogP contribution in [0.5, 0.6) is 0 Å². The third-order valence-electron chi connectivity index (χ3n) is 10.8. The zero-order valence-corrected chi connectivity index (χ0v) is 34.7. The summed E-state index contributed by atoms with van der Waals surface area (Å²) in [5.41, 5.74) is 0. The quantitative estimate of drug-likeness (QED) is 0.0452. The van der Waals surface area contributed by atoms with E-state index >= 15 is 0 Å². The van der Waals surface area contributed by atoms with Gasteiger partial charge in [0.15, 0.2) is 0 Å². The molecule has 1 aliphatic rings. The molecule has 0 bridgehead atoms. The molecule has 9 nitrogen and oxygen atoms in total. The van der Waals surface area contributed by atoms with Crippen molar-refractivity contribution >= 4 is 18.2 Å². The Morgan fingerprint density at radius 2 is 0.941 bits per heavy atom. The molecule has 1 aliphatic heterocycles. The summed E-state index contributed by atoms with van der Waals surface area (Å²) in [7, 11) is 7.08. The van der Waals surface area contributed by atoms with Gasteiger partial charge in [0.05, 0.1) is 86.3 Å². The number of rotatable bonds is 27. The first-order valence-corrected chi connectivity index (χ1v) is 22.0. The molecule has 0 aromatic rings. The van der Waals surface area contributed by atoms with Gasteiger partial charge < -0.3 is 29.1 Å². The van der Waals surface area contributed by atoms with Crippen LogP contribution in [0.4, 0.5) is 0 Å². The van der Waals surface area contributed by atoms with Gasteiger partial charge in [-0.15, -0.1) is 0 Å². The van der Waals surface area contributed by atoms with Gasteiger partial charge in [0, 0.05) is 25.7 Å². The summed E-state index contributed by atoms with van der Waals surface area (Å²) < 4.78 is 13.5. The van der Waals surface area contributed by atoms with E-state index in [9.17, 15) is 9.59 Å². The molecule has 1 heterocycles. The van der Waals surface area contributed by atoms with Gasteiger partial charge in [0.2, 0.25) is 0 Å². The Hall–Kier alpha value is -1.55. The van der Waals surface area contributed by atoms with Crippen LogP contribution < -0.4 is 19.6 Å². The number of esters is 2. The molecule has 4 N–H and O–H groups in total. The maximum absolute atomic E-state index is 12.5. The predicted molar refractivity (Wildman–Crippen MR) is 212 cm³/mol. The fourth-order valence-corrected chi connectivity index (χ4v) is 7.13. The molecule has 9 heteroatoms. The standard InChI is InChI=1S/C42H84N5O4/c1-6-8-10-12-14-16-18-39-50-41(48)25-20-30-46(31-21-26-42(49)51-40-19-17-15-13-11-9-7-2)33-24-34-47-32-23-29-44(4)36-35-43(3)27-22-28-45(5)37-38-47/h33H,6-32,34-40H2,1-5H3/q+1/p+4. The second kappa shape index (κ2) is 34.2. The zero-order valence-electron chi connectivity index (χ0n) is 34.7. The molecular weight excluding hydrogens is 638 g/mol. The minimum Gasteiger partial charge on any atom is -0.466 e. The third kappa shape index (κ3) is 30.6. The van der Waals surface area contributed by atoms with E-state index in [0.717, 1.165) is 64.6 Å². The Morgan fingerprint density at radius 3 is 1.41 bits per heavy atom. The van der Waals surface area contributed by atoms with Crippen molar-refractivity contribution in [2.45, 2.75) is 149 Å². The van der Waals surface area contributed by atoms with Gasteiger partial charge in [0.25, 0.3) is 0 Å². The van der Waals surface area contributed by atoms with E-state index in [1.165, 1.54) is 129 Å². The molecule has 1 saturated heterocycles. The fraction of sp³-hybridized carbons (Fsp3) is 0.929. The number of carbonyl (C=O) groups excluding carboxylic acids is 2.